The molecule has 6 nitrogen and oxygen atoms in total. The Morgan fingerprint density at radius 2 is 1.49 bits per heavy atom. The molecule has 0 saturated heterocycles. The zero-order chi connectivity index (χ0) is 26.4. The summed E-state index contributed by atoms with van der Waals surface area (Å²) >= 11 is 0. The minimum atomic E-state index is -3.50. The molecule has 7 heteroatoms. The minimum absolute atomic E-state index is 0.166. The molecule has 0 aliphatic rings. The third-order valence-electron chi connectivity index (χ3n) is 6.09. The molecule has 0 radical (unpaired) electrons. The normalized spacial score (nSPS) is 11.1. The predicted molar refractivity (Wildman–Crippen MR) is 149 cm³/mol. The van der Waals surface area contributed by atoms with Gasteiger partial charge >= 0.3 is 0 Å². The van der Waals surface area contributed by atoms with Crippen molar-refractivity contribution in [3.63, 3.8) is 0 Å². The topological polar surface area (TPSA) is 75.7 Å². The van der Waals surface area contributed by atoms with E-state index in [1.165, 1.54) is 10.6 Å². The van der Waals surface area contributed by atoms with Crippen molar-refractivity contribution in [2.24, 2.45) is 0 Å². The van der Waals surface area contributed by atoms with Crippen LogP contribution in [0.2, 0.25) is 0 Å². The van der Waals surface area contributed by atoms with Crippen LogP contribution in [0.3, 0.4) is 0 Å². The Balaban J connectivity index is 1.46. The first kappa shape index (κ1) is 26.0. The van der Waals surface area contributed by atoms with Crippen molar-refractivity contribution in [1.82, 2.24) is 0 Å². The van der Waals surface area contributed by atoms with Crippen LogP contribution in [-0.2, 0) is 23.2 Å². The smallest absolute Gasteiger partial charge is 0.255 e. The van der Waals surface area contributed by atoms with Crippen LogP contribution in [0.25, 0.3) is 0 Å². The number of carbonyl (C=O) groups excluding carboxylic acids is 1. The van der Waals surface area contributed by atoms with E-state index in [1.807, 2.05) is 80.6 Å². The molecule has 1 N–H and O–H groups in total. The van der Waals surface area contributed by atoms with E-state index in [1.54, 1.807) is 30.3 Å². The average Bonchev–Trinajstić information content (AvgIpc) is 2.89. The maximum atomic E-state index is 13.0. The third-order valence-corrected chi connectivity index (χ3v) is 7.23. The van der Waals surface area contributed by atoms with E-state index < -0.39 is 10.0 Å². The van der Waals surface area contributed by atoms with Crippen molar-refractivity contribution in [2.45, 2.75) is 27.0 Å². The van der Waals surface area contributed by atoms with Gasteiger partial charge in [-0.2, -0.15) is 0 Å². The van der Waals surface area contributed by atoms with Crippen LogP contribution in [0, 0.1) is 13.8 Å². The number of aryl methyl sites for hydroxylation is 2. The molecule has 0 unspecified atom stereocenters. The van der Waals surface area contributed by atoms with E-state index in [0.29, 0.717) is 29.3 Å². The molecule has 0 aromatic heterocycles. The van der Waals surface area contributed by atoms with E-state index in [4.69, 9.17) is 4.74 Å². The molecule has 4 aromatic carbocycles. The fourth-order valence-electron chi connectivity index (χ4n) is 3.83. The average molecular weight is 515 g/mol. The lowest BCUT2D eigenvalue weighted by Gasteiger charge is -2.23. The van der Waals surface area contributed by atoms with E-state index >= 15 is 0 Å². The van der Waals surface area contributed by atoms with Gasteiger partial charge in [0, 0.05) is 5.56 Å². The van der Waals surface area contributed by atoms with Gasteiger partial charge in [-0.25, -0.2) is 8.42 Å². The van der Waals surface area contributed by atoms with Crippen molar-refractivity contribution in [3.05, 3.63) is 125 Å². The lowest BCUT2D eigenvalue weighted by atomic mass is 10.1. The van der Waals surface area contributed by atoms with Crippen LogP contribution < -0.4 is 14.4 Å². The Kier molecular flexibility index (Phi) is 7.94. The monoisotopic (exact) mass is 514 g/mol. The fraction of sp³-hybridized carbons (Fsp3) is 0.167. The molecule has 4 aromatic rings. The summed E-state index contributed by atoms with van der Waals surface area (Å²) in [5.41, 5.74) is 5.56. The Bertz CT molecular complexity index is 1480. The molecule has 1 amide bonds. The Labute approximate surface area is 218 Å². The number of carbonyl (C=O) groups is 1. The van der Waals surface area contributed by atoms with Gasteiger partial charge in [0.15, 0.2) is 0 Å². The zero-order valence-electron chi connectivity index (χ0n) is 21.1. The molecule has 0 spiro atoms. The molecule has 4 rings (SSSR count). The first-order valence-corrected chi connectivity index (χ1v) is 13.8. The van der Waals surface area contributed by atoms with Crippen molar-refractivity contribution in [1.29, 1.82) is 0 Å². The molecule has 0 heterocycles. The summed E-state index contributed by atoms with van der Waals surface area (Å²) in [5, 5.41) is 2.91. The maximum absolute atomic E-state index is 13.0. The van der Waals surface area contributed by atoms with Crippen LogP contribution >= 0.6 is 0 Å². The molecule has 0 aliphatic carbocycles. The minimum Gasteiger partial charge on any atom is -0.487 e. The highest BCUT2D eigenvalue weighted by Crippen LogP contribution is 2.26. The largest absolute Gasteiger partial charge is 0.487 e. The van der Waals surface area contributed by atoms with Gasteiger partial charge in [-0.05, 0) is 72.5 Å². The second-order valence-corrected chi connectivity index (χ2v) is 10.9. The number of ether oxygens (including phenoxy) is 1. The molecule has 0 fully saturated rings. The van der Waals surface area contributed by atoms with Crippen LogP contribution in [0.4, 0.5) is 11.4 Å². The van der Waals surface area contributed by atoms with E-state index in [-0.39, 0.29) is 12.5 Å². The summed E-state index contributed by atoms with van der Waals surface area (Å²) in [4.78, 5) is 13.0. The number of rotatable bonds is 9. The molecule has 0 aliphatic heterocycles. The van der Waals surface area contributed by atoms with Crippen LogP contribution in [-0.4, -0.2) is 20.6 Å². The highest BCUT2D eigenvalue weighted by molar-refractivity contribution is 7.92. The van der Waals surface area contributed by atoms with Crippen molar-refractivity contribution in [2.75, 3.05) is 15.9 Å². The second kappa shape index (κ2) is 11.3. The molecular formula is C30H30N2O4S. The van der Waals surface area contributed by atoms with Gasteiger partial charge in [-0.3, -0.25) is 9.10 Å². The highest BCUT2D eigenvalue weighted by atomic mass is 32.2. The number of sulfonamides is 1. The Morgan fingerprint density at radius 3 is 2.16 bits per heavy atom. The zero-order valence-corrected chi connectivity index (χ0v) is 22.0. The first-order valence-electron chi connectivity index (χ1n) is 11.9. The van der Waals surface area contributed by atoms with E-state index in [9.17, 15) is 13.2 Å². The van der Waals surface area contributed by atoms with Crippen LogP contribution in [0.5, 0.6) is 5.75 Å². The molecule has 0 atom stereocenters. The quantitative estimate of drug-likeness (QED) is 0.293. The van der Waals surface area contributed by atoms with Crippen molar-refractivity contribution in [3.8, 4) is 5.75 Å². The number of benzene rings is 4. The Hall–Kier alpha value is -4.10. The summed E-state index contributed by atoms with van der Waals surface area (Å²) in [6, 6.07) is 29.6. The summed E-state index contributed by atoms with van der Waals surface area (Å²) < 4.78 is 32.4. The van der Waals surface area contributed by atoms with Gasteiger partial charge in [0.05, 0.1) is 24.2 Å². The SMILES string of the molecule is Cc1ccc(N(Cc2ccc(C(=O)Nc3ccccc3OCc3ccccc3)cc2)S(C)(=O)=O)cc1C. The second-order valence-electron chi connectivity index (χ2n) is 8.96. The summed E-state index contributed by atoms with van der Waals surface area (Å²) in [5.74, 6) is 0.296. The highest BCUT2D eigenvalue weighted by Gasteiger charge is 2.19. The number of anilines is 2. The van der Waals surface area contributed by atoms with E-state index in [2.05, 4.69) is 5.32 Å². The molecule has 190 valence electrons. The van der Waals surface area contributed by atoms with Crippen molar-refractivity contribution < 1.29 is 17.9 Å². The molecule has 0 saturated carbocycles. The third kappa shape index (κ3) is 6.77. The van der Waals surface area contributed by atoms with Gasteiger partial charge in [0.25, 0.3) is 5.91 Å². The number of hydrogen-bond donors (Lipinski definition) is 1. The van der Waals surface area contributed by atoms with Gasteiger partial charge in [-0.1, -0.05) is 60.7 Å². The number of para-hydroxylation sites is 2. The van der Waals surface area contributed by atoms with Crippen molar-refractivity contribution >= 4 is 27.3 Å². The van der Waals surface area contributed by atoms with Crippen LogP contribution in [0.1, 0.15) is 32.6 Å². The number of amides is 1. The predicted octanol–water partition coefficient (Wildman–Crippen LogP) is 6.10. The van der Waals surface area contributed by atoms with Gasteiger partial charge in [0.2, 0.25) is 10.0 Å². The molecule has 0 bridgehead atoms. The van der Waals surface area contributed by atoms with Gasteiger partial charge < -0.3 is 10.1 Å². The van der Waals surface area contributed by atoms with Gasteiger partial charge in [-0.15, -0.1) is 0 Å². The lowest BCUT2D eigenvalue weighted by Crippen LogP contribution is -2.29. The van der Waals surface area contributed by atoms with E-state index in [0.717, 1.165) is 22.3 Å². The molecule has 37 heavy (non-hydrogen) atoms. The summed E-state index contributed by atoms with van der Waals surface area (Å²) in [7, 11) is -3.50. The van der Waals surface area contributed by atoms with Crippen LogP contribution in [0.15, 0.2) is 97.1 Å². The lowest BCUT2D eigenvalue weighted by molar-refractivity contribution is 0.102. The Morgan fingerprint density at radius 1 is 0.811 bits per heavy atom. The fourth-order valence-corrected chi connectivity index (χ4v) is 4.71. The van der Waals surface area contributed by atoms with Gasteiger partial charge in [0.1, 0.15) is 12.4 Å². The standard InChI is InChI=1S/C30H30N2O4S/c1-22-13-18-27(19-23(22)2)32(37(3,34)35)20-24-14-16-26(17-15-24)30(33)31-28-11-7-8-12-29(28)36-21-25-9-5-4-6-10-25/h4-19H,20-21H2,1-3H3,(H,31,33). The first-order chi connectivity index (χ1) is 17.7. The summed E-state index contributed by atoms with van der Waals surface area (Å²) in [6.45, 7) is 4.50. The maximum Gasteiger partial charge on any atom is 0.255 e. The number of nitrogens with one attached hydrogen (secondary N) is 1. The summed E-state index contributed by atoms with van der Waals surface area (Å²) in [6.07, 6.45) is 1.20. The molecular weight excluding hydrogens is 484 g/mol. The number of nitrogens with zero attached hydrogens (tertiary/aromatic N) is 1. The number of hydrogen-bond acceptors (Lipinski definition) is 4.